The van der Waals surface area contributed by atoms with E-state index in [1.165, 1.54) is 0 Å². The first-order chi connectivity index (χ1) is 8.06. The highest BCUT2D eigenvalue weighted by Crippen LogP contribution is 2.19. The molecule has 0 aromatic heterocycles. The first-order valence-corrected chi connectivity index (χ1v) is 7.73. The molecule has 0 rings (SSSR count). The molecule has 0 aromatic rings. The minimum atomic E-state index is 0.0516. The van der Waals surface area contributed by atoms with Crippen LogP contribution in [0.3, 0.4) is 0 Å². The molecule has 0 bridgehead atoms. The fourth-order valence-corrected chi connectivity index (χ4v) is 2.70. The lowest BCUT2D eigenvalue weighted by Gasteiger charge is -2.23. The van der Waals surface area contributed by atoms with E-state index in [1.54, 1.807) is 11.8 Å². The molecule has 1 amide bonds. The van der Waals surface area contributed by atoms with Gasteiger partial charge in [-0.1, -0.05) is 40.5 Å². The predicted octanol–water partition coefficient (Wildman–Crippen LogP) is 2.40. The maximum Gasteiger partial charge on any atom is 0.233 e. The van der Waals surface area contributed by atoms with Crippen LogP contribution < -0.4 is 11.1 Å². The lowest BCUT2D eigenvalue weighted by Crippen LogP contribution is -2.45. The van der Waals surface area contributed by atoms with Gasteiger partial charge in [-0.15, -0.1) is 11.8 Å². The summed E-state index contributed by atoms with van der Waals surface area (Å²) in [5, 5.41) is 3.13. The number of unbranched alkanes of at least 4 members (excludes halogenated alkanes) is 1. The third-order valence-electron chi connectivity index (χ3n) is 2.75. The molecule has 0 saturated heterocycles. The van der Waals surface area contributed by atoms with Crippen molar-refractivity contribution in [3.63, 3.8) is 0 Å². The number of amides is 1. The smallest absolute Gasteiger partial charge is 0.233 e. The molecular weight excluding hydrogens is 232 g/mol. The Morgan fingerprint density at radius 2 is 2.00 bits per heavy atom. The monoisotopic (exact) mass is 260 g/mol. The summed E-state index contributed by atoms with van der Waals surface area (Å²) in [6.45, 7) is 8.96. The van der Waals surface area contributed by atoms with E-state index in [0.29, 0.717) is 12.5 Å². The molecule has 0 radical (unpaired) electrons. The van der Waals surface area contributed by atoms with Crippen molar-refractivity contribution in [1.82, 2.24) is 5.32 Å². The highest BCUT2D eigenvalue weighted by atomic mass is 32.2. The highest BCUT2D eigenvalue weighted by molar-refractivity contribution is 8.00. The molecule has 2 atom stereocenters. The summed E-state index contributed by atoms with van der Waals surface area (Å²) in [6, 6.07) is 0.140. The van der Waals surface area contributed by atoms with Crippen LogP contribution in [0.1, 0.15) is 47.0 Å². The SMILES string of the molecule is CCCCC(CN)NC(=O)C(SCC)C(C)C. The Balaban J connectivity index is 4.25. The Bertz CT molecular complexity index is 210. The van der Waals surface area contributed by atoms with Crippen molar-refractivity contribution >= 4 is 17.7 Å². The number of hydrogen-bond acceptors (Lipinski definition) is 3. The molecule has 0 aliphatic rings. The first kappa shape index (κ1) is 16.8. The average Bonchev–Trinajstić information content (AvgIpc) is 2.30. The molecule has 3 N–H and O–H groups in total. The number of carbonyl (C=O) groups is 1. The van der Waals surface area contributed by atoms with Crippen molar-refractivity contribution in [1.29, 1.82) is 0 Å². The van der Waals surface area contributed by atoms with Crippen LogP contribution in [0.4, 0.5) is 0 Å². The van der Waals surface area contributed by atoms with Crippen molar-refractivity contribution in [3.8, 4) is 0 Å². The van der Waals surface area contributed by atoms with Crippen LogP contribution >= 0.6 is 11.8 Å². The molecule has 102 valence electrons. The van der Waals surface area contributed by atoms with Gasteiger partial charge in [-0.3, -0.25) is 4.79 Å². The fourth-order valence-electron chi connectivity index (χ4n) is 1.73. The minimum Gasteiger partial charge on any atom is -0.351 e. The molecule has 17 heavy (non-hydrogen) atoms. The average molecular weight is 260 g/mol. The quantitative estimate of drug-likeness (QED) is 0.669. The van der Waals surface area contributed by atoms with Gasteiger partial charge in [0.25, 0.3) is 0 Å². The Kier molecular flexibility index (Phi) is 9.65. The number of hydrogen-bond donors (Lipinski definition) is 2. The molecular formula is C13H28N2OS. The largest absolute Gasteiger partial charge is 0.351 e. The number of carbonyl (C=O) groups excluding carboxylic acids is 1. The third kappa shape index (κ3) is 6.94. The zero-order valence-corrected chi connectivity index (χ0v) is 12.5. The van der Waals surface area contributed by atoms with Crippen molar-refractivity contribution in [3.05, 3.63) is 0 Å². The molecule has 0 aliphatic heterocycles. The lowest BCUT2D eigenvalue weighted by molar-refractivity contribution is -0.121. The van der Waals surface area contributed by atoms with Gasteiger partial charge in [0.1, 0.15) is 0 Å². The number of rotatable bonds is 9. The van der Waals surface area contributed by atoms with Crippen LogP contribution in [0.15, 0.2) is 0 Å². The van der Waals surface area contributed by atoms with Gasteiger partial charge in [-0.2, -0.15) is 0 Å². The predicted molar refractivity (Wildman–Crippen MR) is 77.3 cm³/mol. The van der Waals surface area contributed by atoms with Crippen LogP contribution in [-0.4, -0.2) is 29.5 Å². The zero-order chi connectivity index (χ0) is 13.3. The van der Waals surface area contributed by atoms with E-state index < -0.39 is 0 Å². The summed E-state index contributed by atoms with van der Waals surface area (Å²) in [7, 11) is 0. The maximum atomic E-state index is 12.1. The van der Waals surface area contributed by atoms with Crippen LogP contribution in [0.5, 0.6) is 0 Å². The Morgan fingerprint density at radius 1 is 1.35 bits per heavy atom. The van der Waals surface area contributed by atoms with Gasteiger partial charge >= 0.3 is 0 Å². The Labute approximate surface area is 110 Å². The van der Waals surface area contributed by atoms with Crippen molar-refractivity contribution < 1.29 is 4.79 Å². The molecule has 0 aromatic carbocycles. The van der Waals surface area contributed by atoms with E-state index >= 15 is 0 Å². The number of nitrogens with one attached hydrogen (secondary N) is 1. The fraction of sp³-hybridized carbons (Fsp3) is 0.923. The lowest BCUT2D eigenvalue weighted by atomic mass is 10.1. The standard InChI is InChI=1S/C13H28N2OS/c1-5-7-8-11(9-14)15-13(16)12(10(3)4)17-6-2/h10-12H,5-9,14H2,1-4H3,(H,15,16). The molecule has 0 aliphatic carbocycles. The van der Waals surface area contributed by atoms with E-state index in [4.69, 9.17) is 5.73 Å². The molecule has 0 fully saturated rings. The van der Waals surface area contributed by atoms with E-state index in [2.05, 4.69) is 33.0 Å². The van der Waals surface area contributed by atoms with Crippen LogP contribution in [0.25, 0.3) is 0 Å². The van der Waals surface area contributed by atoms with Crippen molar-refractivity contribution in [2.45, 2.75) is 58.2 Å². The molecule has 0 saturated carbocycles. The minimum absolute atomic E-state index is 0.0516. The van der Waals surface area contributed by atoms with Gasteiger partial charge < -0.3 is 11.1 Å². The normalized spacial score (nSPS) is 14.7. The van der Waals surface area contributed by atoms with Gasteiger partial charge in [-0.05, 0) is 18.1 Å². The molecule has 2 unspecified atom stereocenters. The van der Waals surface area contributed by atoms with Gasteiger partial charge in [-0.25, -0.2) is 0 Å². The van der Waals surface area contributed by atoms with Gasteiger partial charge in [0.05, 0.1) is 5.25 Å². The molecule has 0 heterocycles. The van der Waals surface area contributed by atoms with Gasteiger partial charge in [0, 0.05) is 12.6 Å². The third-order valence-corrected chi connectivity index (χ3v) is 4.20. The van der Waals surface area contributed by atoms with Gasteiger partial charge in [0.2, 0.25) is 5.91 Å². The van der Waals surface area contributed by atoms with E-state index in [1.807, 2.05) is 0 Å². The van der Waals surface area contributed by atoms with Crippen molar-refractivity contribution in [2.75, 3.05) is 12.3 Å². The molecule has 3 nitrogen and oxygen atoms in total. The number of thioether (sulfide) groups is 1. The summed E-state index contributed by atoms with van der Waals surface area (Å²) in [5.74, 6) is 1.49. The Hall–Kier alpha value is -0.220. The second-order valence-electron chi connectivity index (χ2n) is 4.70. The summed E-state index contributed by atoms with van der Waals surface area (Å²) in [5.41, 5.74) is 5.69. The molecule has 0 spiro atoms. The van der Waals surface area contributed by atoms with Crippen LogP contribution in [-0.2, 0) is 4.79 Å². The first-order valence-electron chi connectivity index (χ1n) is 6.68. The Morgan fingerprint density at radius 3 is 2.41 bits per heavy atom. The second-order valence-corrected chi connectivity index (χ2v) is 6.12. The maximum absolute atomic E-state index is 12.1. The van der Waals surface area contributed by atoms with E-state index in [-0.39, 0.29) is 17.2 Å². The summed E-state index contributed by atoms with van der Waals surface area (Å²) < 4.78 is 0. The number of nitrogens with two attached hydrogens (primary N) is 1. The topological polar surface area (TPSA) is 55.1 Å². The van der Waals surface area contributed by atoms with Crippen LogP contribution in [0, 0.1) is 5.92 Å². The zero-order valence-electron chi connectivity index (χ0n) is 11.7. The van der Waals surface area contributed by atoms with E-state index in [0.717, 1.165) is 25.0 Å². The molecule has 4 heteroatoms. The summed E-state index contributed by atoms with van der Waals surface area (Å²) >= 11 is 1.72. The highest BCUT2D eigenvalue weighted by Gasteiger charge is 2.23. The summed E-state index contributed by atoms with van der Waals surface area (Å²) in [4.78, 5) is 12.1. The van der Waals surface area contributed by atoms with Crippen molar-refractivity contribution in [2.24, 2.45) is 11.7 Å². The summed E-state index contributed by atoms with van der Waals surface area (Å²) in [6.07, 6.45) is 3.25. The van der Waals surface area contributed by atoms with Gasteiger partial charge in [0.15, 0.2) is 0 Å². The van der Waals surface area contributed by atoms with Crippen LogP contribution in [0.2, 0.25) is 0 Å². The second kappa shape index (κ2) is 9.77. The van der Waals surface area contributed by atoms with E-state index in [9.17, 15) is 4.79 Å².